The summed E-state index contributed by atoms with van der Waals surface area (Å²) >= 11 is 0. The van der Waals surface area contributed by atoms with Gasteiger partial charge in [-0.05, 0) is 18.8 Å². The van der Waals surface area contributed by atoms with Crippen LogP contribution in [0.1, 0.15) is 26.7 Å². The second-order valence-electron chi connectivity index (χ2n) is 3.96. The Morgan fingerprint density at radius 1 is 1.62 bits per heavy atom. The topological polar surface area (TPSA) is 38.3 Å². The first-order chi connectivity index (χ1) is 6.20. The number of hydrogen-bond acceptors (Lipinski definition) is 2. The number of ether oxygens (including phenoxy) is 1. The number of hydrogen-bond donors (Lipinski definition) is 1. The summed E-state index contributed by atoms with van der Waals surface area (Å²) in [6.45, 7) is 6.38. The maximum absolute atomic E-state index is 11.2. The molecule has 1 atom stereocenters. The lowest BCUT2D eigenvalue weighted by atomic mass is 10.1. The Bertz CT molecular complexity index is 162. The number of carbonyl (C=O) groups is 1. The van der Waals surface area contributed by atoms with E-state index in [1.807, 2.05) is 13.8 Å². The Hall–Kier alpha value is -0.570. The van der Waals surface area contributed by atoms with Gasteiger partial charge in [0.05, 0.1) is 0 Å². The van der Waals surface area contributed by atoms with Gasteiger partial charge in [-0.1, -0.05) is 13.8 Å². The lowest BCUT2D eigenvalue weighted by Crippen LogP contribution is -2.29. The van der Waals surface area contributed by atoms with Gasteiger partial charge in [0.1, 0.15) is 0 Å². The minimum absolute atomic E-state index is 0.0971. The molecular formula is C10H19NO2. The summed E-state index contributed by atoms with van der Waals surface area (Å²) in [5, 5.41) is 2.91. The maximum Gasteiger partial charge on any atom is 0.222 e. The minimum atomic E-state index is 0.0971. The molecule has 3 heteroatoms. The molecule has 0 saturated carbocycles. The normalized spacial score (nSPS) is 22.2. The number of rotatable bonds is 4. The van der Waals surface area contributed by atoms with Gasteiger partial charge in [-0.15, -0.1) is 0 Å². The van der Waals surface area contributed by atoms with Crippen LogP contribution in [0.4, 0.5) is 0 Å². The van der Waals surface area contributed by atoms with Crippen LogP contribution >= 0.6 is 0 Å². The third-order valence-electron chi connectivity index (χ3n) is 2.40. The molecule has 0 aromatic heterocycles. The van der Waals surface area contributed by atoms with Crippen LogP contribution in [0.5, 0.6) is 0 Å². The molecule has 1 amide bonds. The van der Waals surface area contributed by atoms with Crippen molar-refractivity contribution in [2.24, 2.45) is 11.8 Å². The highest BCUT2D eigenvalue weighted by Gasteiger charge is 2.15. The molecule has 0 spiro atoms. The first-order valence-corrected chi connectivity index (χ1v) is 5.05. The summed E-state index contributed by atoms with van der Waals surface area (Å²) in [5.74, 6) is 0.909. The smallest absolute Gasteiger partial charge is 0.222 e. The third-order valence-corrected chi connectivity index (χ3v) is 2.40. The van der Waals surface area contributed by atoms with Crippen molar-refractivity contribution in [1.29, 1.82) is 0 Å². The number of amides is 1. The van der Waals surface area contributed by atoms with Crippen LogP contribution < -0.4 is 5.32 Å². The van der Waals surface area contributed by atoms with Crippen LogP contribution in [-0.4, -0.2) is 25.7 Å². The molecule has 0 aromatic rings. The Kier molecular flexibility index (Phi) is 4.22. The van der Waals surface area contributed by atoms with Gasteiger partial charge in [0, 0.05) is 25.7 Å². The molecule has 1 fully saturated rings. The highest BCUT2D eigenvalue weighted by Crippen LogP contribution is 2.15. The molecule has 0 bridgehead atoms. The lowest BCUT2D eigenvalue weighted by molar-refractivity contribution is -0.124. The first-order valence-electron chi connectivity index (χ1n) is 5.05. The van der Waals surface area contributed by atoms with E-state index in [-0.39, 0.29) is 11.8 Å². The standard InChI is InChI=1S/C10H19NO2/c1-8(2)10(12)11-5-3-9-4-6-13-7-9/h8-9H,3-7H2,1-2H3,(H,11,12). The Morgan fingerprint density at radius 3 is 2.92 bits per heavy atom. The molecule has 1 saturated heterocycles. The van der Waals surface area contributed by atoms with E-state index in [9.17, 15) is 4.79 Å². The molecular weight excluding hydrogens is 166 g/mol. The summed E-state index contributed by atoms with van der Waals surface area (Å²) in [6.07, 6.45) is 2.20. The summed E-state index contributed by atoms with van der Waals surface area (Å²) in [6, 6.07) is 0. The predicted octanol–water partition coefficient (Wildman–Crippen LogP) is 1.19. The highest BCUT2D eigenvalue weighted by molar-refractivity contribution is 5.77. The van der Waals surface area contributed by atoms with Crippen molar-refractivity contribution in [3.8, 4) is 0 Å². The highest BCUT2D eigenvalue weighted by atomic mass is 16.5. The third kappa shape index (κ3) is 3.77. The van der Waals surface area contributed by atoms with Crippen molar-refractivity contribution >= 4 is 5.91 Å². The van der Waals surface area contributed by atoms with E-state index in [1.54, 1.807) is 0 Å². The van der Waals surface area contributed by atoms with Crippen LogP contribution in [0.2, 0.25) is 0 Å². The lowest BCUT2D eigenvalue weighted by Gasteiger charge is -2.10. The van der Waals surface area contributed by atoms with E-state index in [0.717, 1.165) is 32.6 Å². The molecule has 0 aromatic carbocycles. The van der Waals surface area contributed by atoms with Gasteiger partial charge in [-0.2, -0.15) is 0 Å². The van der Waals surface area contributed by atoms with E-state index in [4.69, 9.17) is 4.74 Å². The molecule has 0 radical (unpaired) electrons. The van der Waals surface area contributed by atoms with Crippen molar-refractivity contribution < 1.29 is 9.53 Å². The first kappa shape index (κ1) is 10.5. The van der Waals surface area contributed by atoms with E-state index in [0.29, 0.717) is 5.92 Å². The second-order valence-corrected chi connectivity index (χ2v) is 3.96. The van der Waals surface area contributed by atoms with Gasteiger partial charge in [-0.3, -0.25) is 4.79 Å². The predicted molar refractivity (Wildman–Crippen MR) is 51.4 cm³/mol. The van der Waals surface area contributed by atoms with Gasteiger partial charge >= 0.3 is 0 Å². The van der Waals surface area contributed by atoms with Crippen LogP contribution in [0.15, 0.2) is 0 Å². The van der Waals surface area contributed by atoms with Crippen LogP contribution in [0.25, 0.3) is 0 Å². The van der Waals surface area contributed by atoms with Gasteiger partial charge < -0.3 is 10.1 Å². The quantitative estimate of drug-likeness (QED) is 0.714. The molecule has 13 heavy (non-hydrogen) atoms. The van der Waals surface area contributed by atoms with E-state index >= 15 is 0 Å². The molecule has 1 rings (SSSR count). The Balaban J connectivity index is 2.03. The fourth-order valence-corrected chi connectivity index (χ4v) is 1.41. The Morgan fingerprint density at radius 2 is 2.38 bits per heavy atom. The fourth-order valence-electron chi connectivity index (χ4n) is 1.41. The average molecular weight is 185 g/mol. The maximum atomic E-state index is 11.2. The molecule has 1 N–H and O–H groups in total. The molecule has 1 aliphatic rings. The van der Waals surface area contributed by atoms with Gasteiger partial charge in [0.15, 0.2) is 0 Å². The number of nitrogens with one attached hydrogen (secondary N) is 1. The van der Waals surface area contributed by atoms with E-state index < -0.39 is 0 Å². The van der Waals surface area contributed by atoms with Crippen LogP contribution in [0.3, 0.4) is 0 Å². The molecule has 1 heterocycles. The minimum Gasteiger partial charge on any atom is -0.381 e. The van der Waals surface area contributed by atoms with Crippen LogP contribution in [0, 0.1) is 11.8 Å². The SMILES string of the molecule is CC(C)C(=O)NCCC1CCOC1. The van der Waals surface area contributed by atoms with Gasteiger partial charge in [0.25, 0.3) is 0 Å². The van der Waals surface area contributed by atoms with Crippen molar-refractivity contribution in [1.82, 2.24) is 5.32 Å². The largest absolute Gasteiger partial charge is 0.381 e. The van der Waals surface area contributed by atoms with E-state index in [1.165, 1.54) is 0 Å². The van der Waals surface area contributed by atoms with Crippen molar-refractivity contribution in [3.05, 3.63) is 0 Å². The van der Waals surface area contributed by atoms with Crippen molar-refractivity contribution in [2.45, 2.75) is 26.7 Å². The number of carbonyl (C=O) groups excluding carboxylic acids is 1. The fraction of sp³-hybridized carbons (Fsp3) is 0.900. The molecule has 3 nitrogen and oxygen atoms in total. The molecule has 1 unspecified atom stereocenters. The Labute approximate surface area is 79.8 Å². The summed E-state index contributed by atoms with van der Waals surface area (Å²) in [4.78, 5) is 11.2. The zero-order chi connectivity index (χ0) is 9.68. The van der Waals surface area contributed by atoms with Crippen molar-refractivity contribution in [3.63, 3.8) is 0 Å². The second kappa shape index (κ2) is 5.22. The average Bonchev–Trinajstić information content (AvgIpc) is 2.56. The summed E-state index contributed by atoms with van der Waals surface area (Å²) in [5.41, 5.74) is 0. The monoisotopic (exact) mass is 185 g/mol. The zero-order valence-corrected chi connectivity index (χ0v) is 8.51. The van der Waals surface area contributed by atoms with Crippen LogP contribution in [-0.2, 0) is 9.53 Å². The molecule has 1 aliphatic heterocycles. The van der Waals surface area contributed by atoms with E-state index in [2.05, 4.69) is 5.32 Å². The summed E-state index contributed by atoms with van der Waals surface area (Å²) < 4.78 is 5.25. The van der Waals surface area contributed by atoms with Crippen molar-refractivity contribution in [2.75, 3.05) is 19.8 Å². The van der Waals surface area contributed by atoms with Gasteiger partial charge in [0.2, 0.25) is 5.91 Å². The van der Waals surface area contributed by atoms with Gasteiger partial charge in [-0.25, -0.2) is 0 Å². The molecule has 76 valence electrons. The zero-order valence-electron chi connectivity index (χ0n) is 8.51. The summed E-state index contributed by atoms with van der Waals surface area (Å²) in [7, 11) is 0. The molecule has 0 aliphatic carbocycles.